The van der Waals surface area contributed by atoms with Crippen molar-refractivity contribution in [2.75, 3.05) is 6.54 Å². The van der Waals surface area contributed by atoms with Crippen molar-refractivity contribution in [3.8, 4) is 0 Å². The van der Waals surface area contributed by atoms with Crippen molar-refractivity contribution >= 4 is 60.7 Å². The maximum absolute atomic E-state index is 10.7. The molecule has 0 radical (unpaired) electrons. The van der Waals surface area contributed by atoms with Crippen LogP contribution >= 0.6 is 15.2 Å². The van der Waals surface area contributed by atoms with Gasteiger partial charge in [-0.15, -0.1) is 0 Å². The average molecular weight is 363 g/mol. The summed E-state index contributed by atoms with van der Waals surface area (Å²) in [6.07, 6.45) is -0.856. The summed E-state index contributed by atoms with van der Waals surface area (Å²) in [5, 5.41) is 5.91. The molecule has 8 nitrogen and oxygen atoms in total. The van der Waals surface area contributed by atoms with Gasteiger partial charge in [-0.3, -0.25) is 9.13 Å². The Hall–Kier alpha value is 2.70. The zero-order chi connectivity index (χ0) is 11.6. The van der Waals surface area contributed by atoms with E-state index >= 15 is 0 Å². The molecule has 0 fully saturated rings. The summed E-state index contributed by atoms with van der Waals surface area (Å²) < 4.78 is 21.4. The van der Waals surface area contributed by atoms with E-state index < -0.39 is 26.7 Å². The summed E-state index contributed by atoms with van der Waals surface area (Å²) in [7, 11) is -10.6. The fourth-order valence-corrected chi connectivity index (χ4v) is 3.06. The van der Waals surface area contributed by atoms with Gasteiger partial charge in [0.2, 0.25) is 0 Å². The molecule has 0 aliphatic carbocycles. The molecule has 0 aromatic heterocycles. The summed E-state index contributed by atoms with van der Waals surface area (Å²) >= 11 is 0. The molecule has 0 saturated heterocycles. The second kappa shape index (κ2) is 8.79. The summed E-state index contributed by atoms with van der Waals surface area (Å²) in [5.41, 5.74) is 5.01. The Morgan fingerprint density at radius 1 is 1.12 bits per heavy atom. The molecule has 0 saturated carbocycles. The molecule has 7 N–H and O–H groups in total. The van der Waals surface area contributed by atoms with E-state index in [9.17, 15) is 14.2 Å². The minimum absolute atomic E-state index is 0. The third-order valence-electron chi connectivity index (χ3n) is 1.65. The van der Waals surface area contributed by atoms with Crippen LogP contribution in [0.4, 0.5) is 0 Å². The fraction of sp³-hybridized carbons (Fsp3) is 1.00. The van der Waals surface area contributed by atoms with Crippen LogP contribution in [0.5, 0.6) is 0 Å². The first-order valence-electron chi connectivity index (χ1n) is 3.60. The second-order valence-electron chi connectivity index (χ2n) is 2.75. The Labute approximate surface area is 156 Å². The van der Waals surface area contributed by atoms with Gasteiger partial charge in [-0.25, -0.2) is 0 Å². The molecule has 0 bridgehead atoms. The smallest absolute Gasteiger partial charge is 1.00 e. The minimum Gasteiger partial charge on any atom is -1.00 e. The molecule has 0 aliphatic rings. The normalized spacial score (nSPS) is 12.6. The third-order valence-corrected chi connectivity index (χ3v) is 5.53. The van der Waals surface area contributed by atoms with E-state index in [1.807, 2.05) is 0 Å². The van der Waals surface area contributed by atoms with E-state index in [1.54, 1.807) is 0 Å². The van der Waals surface area contributed by atoms with Gasteiger partial charge in [-0.2, -0.15) is 0 Å². The van der Waals surface area contributed by atoms with E-state index in [4.69, 9.17) is 25.3 Å². The molecule has 92 valence electrons. The van der Waals surface area contributed by atoms with Crippen LogP contribution in [0.3, 0.4) is 0 Å². The predicted octanol–water partition coefficient (Wildman–Crippen LogP) is -4.31. The van der Waals surface area contributed by atoms with Crippen LogP contribution in [-0.4, -0.2) is 81.8 Å². The zero-order valence-corrected chi connectivity index (χ0v) is 16.1. The van der Waals surface area contributed by atoms with Crippen molar-refractivity contribution < 1.29 is 67.6 Å². The largest absolute Gasteiger partial charge is 2.00 e. The van der Waals surface area contributed by atoms with Gasteiger partial charge in [0, 0.05) is 6.42 Å². The van der Waals surface area contributed by atoms with Gasteiger partial charge in [0.05, 0.1) is 0 Å². The number of aliphatic hydroxyl groups is 1. The summed E-state index contributed by atoms with van der Waals surface area (Å²) in [6, 6.07) is 0. The predicted molar refractivity (Wildman–Crippen MR) is 56.4 cm³/mol. The van der Waals surface area contributed by atoms with Crippen LogP contribution in [0.1, 0.15) is 17.1 Å². The number of hydrogen-bond acceptors (Lipinski definition) is 4. The van der Waals surface area contributed by atoms with Crippen molar-refractivity contribution in [1.29, 1.82) is 0 Å². The number of nitrogens with two attached hydrogens (primary N) is 1. The Bertz CT molecular complexity index is 280. The average Bonchev–Trinajstić information content (AvgIpc) is 1.95. The van der Waals surface area contributed by atoms with Crippen LogP contribution < -0.4 is 35.3 Å². The fourth-order valence-electron chi connectivity index (χ4n) is 0.800. The molecular formula is C4H16NNaO7P2Sr. The van der Waals surface area contributed by atoms with Crippen LogP contribution in [-0.2, 0) is 9.13 Å². The topological polar surface area (TPSA) is 161 Å². The van der Waals surface area contributed by atoms with Crippen molar-refractivity contribution in [2.24, 2.45) is 5.73 Å². The maximum atomic E-state index is 10.7. The van der Waals surface area contributed by atoms with E-state index in [2.05, 4.69) is 0 Å². The molecule has 0 aliphatic heterocycles. The minimum atomic E-state index is -5.30. The van der Waals surface area contributed by atoms with Crippen molar-refractivity contribution in [3.05, 3.63) is 0 Å². The number of rotatable bonds is 5. The molecule has 16 heavy (non-hydrogen) atoms. The van der Waals surface area contributed by atoms with Crippen molar-refractivity contribution in [3.63, 3.8) is 0 Å². The van der Waals surface area contributed by atoms with Gasteiger partial charge in [0.25, 0.3) is 5.08 Å². The maximum Gasteiger partial charge on any atom is 2.00 e. The first-order chi connectivity index (χ1) is 6.06. The molecule has 12 heteroatoms. The van der Waals surface area contributed by atoms with E-state index in [0.29, 0.717) is 0 Å². The molecular weight excluding hydrogens is 347 g/mol. The molecule has 0 aromatic carbocycles. The first kappa shape index (κ1) is 23.8. The summed E-state index contributed by atoms with van der Waals surface area (Å²) in [4.78, 5) is 34.5. The number of hydrogen-bond donors (Lipinski definition) is 6. The molecule has 0 heterocycles. The summed E-state index contributed by atoms with van der Waals surface area (Å²) in [6.45, 7) is -0.0394. The molecule has 0 unspecified atom stereocenters. The standard InChI is InChI=1S/C4H13NO7P2.Na.Sr.3H/c5-3-1-2-4(6,13(7,8)9)14(10,11)12;;;;;/h6H,1-3,5H2,(H2,7,8,9)(H2,10,11,12);;;;;/q;+1;+2;3*-1. The van der Waals surface area contributed by atoms with Gasteiger partial charge < -0.3 is 34.7 Å². The van der Waals surface area contributed by atoms with Crippen molar-refractivity contribution in [1.82, 2.24) is 0 Å². The molecule has 0 spiro atoms. The molecule has 0 atom stereocenters. The van der Waals surface area contributed by atoms with Crippen LogP contribution in [0.2, 0.25) is 0 Å². The second-order valence-corrected chi connectivity index (χ2v) is 6.76. The zero-order valence-electron chi connectivity index (χ0n) is 11.9. The van der Waals surface area contributed by atoms with Gasteiger partial charge in [0.1, 0.15) is 0 Å². The van der Waals surface area contributed by atoms with Gasteiger partial charge in [-0.1, -0.05) is 0 Å². The van der Waals surface area contributed by atoms with Gasteiger partial charge in [-0.05, 0) is 13.0 Å². The monoisotopic (exact) mass is 363 g/mol. The van der Waals surface area contributed by atoms with E-state index in [1.165, 1.54) is 0 Å². The molecule has 0 amide bonds. The Morgan fingerprint density at radius 2 is 1.44 bits per heavy atom. The molecule has 0 rings (SSSR count). The SMILES string of the molecule is NCCCC(O)(P(=O)(O)O)P(=O)(O)O.[H-].[H-].[H-].[Na+].[Sr+2]. The quantitative estimate of drug-likeness (QED) is 0.211. The Kier molecular flexibility index (Phi) is 13.1. The first-order valence-corrected chi connectivity index (χ1v) is 6.82. The Morgan fingerprint density at radius 3 is 1.62 bits per heavy atom. The van der Waals surface area contributed by atoms with Gasteiger partial charge >= 0.3 is 90.2 Å². The Balaban J connectivity index is -0.0000000845. The van der Waals surface area contributed by atoms with Crippen LogP contribution in [0.25, 0.3) is 0 Å². The van der Waals surface area contributed by atoms with Crippen molar-refractivity contribution in [2.45, 2.75) is 17.9 Å². The van der Waals surface area contributed by atoms with Crippen LogP contribution in [0, 0.1) is 0 Å². The van der Waals surface area contributed by atoms with E-state index in [0.717, 1.165) is 0 Å². The third kappa shape index (κ3) is 6.23. The molecule has 0 aromatic rings. The summed E-state index contributed by atoms with van der Waals surface area (Å²) in [5.74, 6) is 0. The van der Waals surface area contributed by atoms with Crippen LogP contribution in [0.15, 0.2) is 0 Å². The van der Waals surface area contributed by atoms with Gasteiger partial charge in [0.15, 0.2) is 0 Å². The van der Waals surface area contributed by atoms with E-state index in [-0.39, 0.29) is 92.3 Å².